The maximum Gasteiger partial charge on any atom is 0.320 e. The average molecular weight is 341 g/mol. The zero-order valence-electron chi connectivity index (χ0n) is 13.3. The number of carbonyl (C=O) groups is 2. The number of carboxylic acid groups (broad SMARTS) is 1. The van der Waals surface area contributed by atoms with Gasteiger partial charge >= 0.3 is 5.97 Å². The minimum atomic E-state index is -1.03. The number of rotatable bonds is 11. The number of alkyl halides is 1. The monoisotopic (exact) mass is 340 g/mol. The molecule has 1 rings (SSSR count). The first-order valence-electron chi connectivity index (χ1n) is 7.96. The number of carbonyl (C=O) groups excluding carboxylic acids is 1. The van der Waals surface area contributed by atoms with Crippen LogP contribution in [0.4, 0.5) is 5.69 Å². The van der Waals surface area contributed by atoms with E-state index in [1.165, 1.54) is 0 Å². The topological polar surface area (TPSA) is 92.4 Å². The Balaban J connectivity index is 2.35. The molecule has 0 aliphatic rings. The van der Waals surface area contributed by atoms with Crippen LogP contribution >= 0.6 is 11.6 Å². The van der Waals surface area contributed by atoms with E-state index in [9.17, 15) is 9.59 Å². The average Bonchev–Trinajstić information content (AvgIpc) is 2.51. The molecule has 0 saturated carbocycles. The molecule has 0 spiro atoms. The highest BCUT2D eigenvalue weighted by molar-refractivity contribution is 6.17. The third-order valence-corrected chi connectivity index (χ3v) is 3.79. The lowest BCUT2D eigenvalue weighted by Gasteiger charge is -2.09. The van der Waals surface area contributed by atoms with Gasteiger partial charge in [-0.25, -0.2) is 0 Å². The first-order chi connectivity index (χ1) is 11.0. The van der Waals surface area contributed by atoms with Gasteiger partial charge in [0.15, 0.2) is 0 Å². The van der Waals surface area contributed by atoms with Crippen LogP contribution in [-0.4, -0.2) is 28.9 Å². The molecule has 0 saturated heterocycles. The van der Waals surface area contributed by atoms with Crippen molar-refractivity contribution in [1.29, 1.82) is 0 Å². The molecule has 0 aliphatic carbocycles. The lowest BCUT2D eigenvalue weighted by atomic mass is 10.1. The number of amides is 1. The van der Waals surface area contributed by atoms with E-state index in [2.05, 4.69) is 5.32 Å². The largest absolute Gasteiger partial charge is 0.480 e. The van der Waals surface area contributed by atoms with Gasteiger partial charge in [-0.2, -0.15) is 0 Å². The molecule has 1 aromatic carbocycles. The Bertz CT molecular complexity index is 508. The molecule has 1 amide bonds. The number of nitrogens with one attached hydrogen (secondary N) is 1. The number of anilines is 1. The summed E-state index contributed by atoms with van der Waals surface area (Å²) in [6.45, 7) is 0. The smallest absolute Gasteiger partial charge is 0.320 e. The number of hydrogen-bond donors (Lipinski definition) is 3. The second-order valence-electron chi connectivity index (χ2n) is 5.60. The third-order valence-electron chi connectivity index (χ3n) is 3.52. The number of carboxylic acids is 1. The molecule has 0 unspecified atom stereocenters. The van der Waals surface area contributed by atoms with Crippen molar-refractivity contribution >= 4 is 29.2 Å². The Morgan fingerprint density at radius 2 is 1.87 bits per heavy atom. The Morgan fingerprint density at radius 3 is 2.57 bits per heavy atom. The molecule has 0 aromatic heterocycles. The molecule has 4 N–H and O–H groups in total. The highest BCUT2D eigenvalue weighted by Gasteiger charge is 2.12. The summed E-state index contributed by atoms with van der Waals surface area (Å²) in [5.41, 5.74) is 6.98. The number of benzene rings is 1. The molecule has 0 fully saturated rings. The molecule has 1 atom stereocenters. The Hall–Kier alpha value is -1.59. The van der Waals surface area contributed by atoms with Crippen LogP contribution in [0.5, 0.6) is 0 Å². The standard InChI is InChI=1S/C17H25ClN2O3/c18-10-5-3-1-2-4-9-16(21)20-14-8-6-7-13(11-14)12-15(19)17(22)23/h6-8,11,15H,1-5,9-10,12,19H2,(H,20,21)(H,22,23)/t15-/m0/s1. The van der Waals surface area contributed by atoms with Crippen molar-refractivity contribution in [2.24, 2.45) is 5.73 Å². The van der Waals surface area contributed by atoms with Crippen LogP contribution < -0.4 is 11.1 Å². The Kier molecular flexibility index (Phi) is 9.33. The van der Waals surface area contributed by atoms with Crippen molar-refractivity contribution in [1.82, 2.24) is 0 Å². The van der Waals surface area contributed by atoms with E-state index >= 15 is 0 Å². The molecule has 1 aromatic rings. The second kappa shape index (κ2) is 11.0. The quantitative estimate of drug-likeness (QED) is 0.426. The van der Waals surface area contributed by atoms with Crippen LogP contribution in [0.3, 0.4) is 0 Å². The first-order valence-corrected chi connectivity index (χ1v) is 8.49. The molecule has 0 aliphatic heterocycles. The summed E-state index contributed by atoms with van der Waals surface area (Å²) in [4.78, 5) is 22.7. The fourth-order valence-corrected chi connectivity index (χ4v) is 2.44. The first kappa shape index (κ1) is 19.5. The van der Waals surface area contributed by atoms with Crippen LogP contribution in [0.2, 0.25) is 0 Å². The SMILES string of the molecule is N[C@@H](Cc1cccc(NC(=O)CCCCCCCCl)c1)C(=O)O. The van der Waals surface area contributed by atoms with Crippen molar-refractivity contribution < 1.29 is 14.7 Å². The zero-order chi connectivity index (χ0) is 17.1. The molecular weight excluding hydrogens is 316 g/mol. The van der Waals surface area contributed by atoms with E-state index in [1.807, 2.05) is 0 Å². The molecule has 23 heavy (non-hydrogen) atoms. The van der Waals surface area contributed by atoms with Gasteiger partial charge < -0.3 is 16.2 Å². The summed E-state index contributed by atoms with van der Waals surface area (Å²) in [6, 6.07) is 6.20. The van der Waals surface area contributed by atoms with Gasteiger partial charge in [-0.15, -0.1) is 11.6 Å². The van der Waals surface area contributed by atoms with Gasteiger partial charge in [0.2, 0.25) is 5.91 Å². The molecule has 0 radical (unpaired) electrons. The summed E-state index contributed by atoms with van der Waals surface area (Å²) >= 11 is 5.61. The Labute approximate surface area is 142 Å². The van der Waals surface area contributed by atoms with Gasteiger partial charge in [-0.3, -0.25) is 9.59 Å². The van der Waals surface area contributed by atoms with E-state index in [0.29, 0.717) is 18.0 Å². The maximum atomic E-state index is 11.9. The van der Waals surface area contributed by atoms with Gasteiger partial charge in [0.05, 0.1) is 0 Å². The van der Waals surface area contributed by atoms with E-state index < -0.39 is 12.0 Å². The molecule has 5 nitrogen and oxygen atoms in total. The zero-order valence-corrected chi connectivity index (χ0v) is 14.0. The van der Waals surface area contributed by atoms with E-state index in [-0.39, 0.29) is 12.3 Å². The van der Waals surface area contributed by atoms with Gasteiger partial charge in [-0.05, 0) is 37.0 Å². The van der Waals surface area contributed by atoms with Crippen molar-refractivity contribution in [2.75, 3.05) is 11.2 Å². The highest BCUT2D eigenvalue weighted by Crippen LogP contribution is 2.13. The minimum absolute atomic E-state index is 0.0259. The lowest BCUT2D eigenvalue weighted by Crippen LogP contribution is -2.32. The van der Waals surface area contributed by atoms with E-state index in [1.54, 1.807) is 24.3 Å². The molecule has 0 bridgehead atoms. The summed E-state index contributed by atoms with van der Waals surface area (Å²) in [5.74, 6) is -0.363. The predicted octanol–water partition coefficient (Wildman–Crippen LogP) is 3.16. The van der Waals surface area contributed by atoms with Crippen molar-refractivity contribution in [2.45, 2.75) is 51.0 Å². The van der Waals surface area contributed by atoms with Crippen molar-refractivity contribution in [3.63, 3.8) is 0 Å². The summed E-state index contributed by atoms with van der Waals surface area (Å²) in [6.07, 6.45) is 5.84. The van der Waals surface area contributed by atoms with Crippen molar-refractivity contribution in [3.05, 3.63) is 29.8 Å². The fraction of sp³-hybridized carbons (Fsp3) is 0.529. The normalized spacial score (nSPS) is 11.9. The van der Waals surface area contributed by atoms with Gasteiger partial charge in [-0.1, -0.05) is 31.4 Å². The number of unbranched alkanes of at least 4 members (excludes halogenated alkanes) is 4. The number of hydrogen-bond acceptors (Lipinski definition) is 3. The second-order valence-corrected chi connectivity index (χ2v) is 5.98. The van der Waals surface area contributed by atoms with Crippen LogP contribution in [0.15, 0.2) is 24.3 Å². The summed E-state index contributed by atoms with van der Waals surface area (Å²) in [7, 11) is 0. The van der Waals surface area contributed by atoms with Crippen LogP contribution in [0.25, 0.3) is 0 Å². The Morgan fingerprint density at radius 1 is 1.17 bits per heavy atom. The highest BCUT2D eigenvalue weighted by atomic mass is 35.5. The van der Waals surface area contributed by atoms with Gasteiger partial charge in [0, 0.05) is 18.0 Å². The molecule has 6 heteroatoms. The predicted molar refractivity (Wildman–Crippen MR) is 92.8 cm³/mol. The molecule has 128 valence electrons. The summed E-state index contributed by atoms with van der Waals surface area (Å²) in [5, 5.41) is 11.7. The van der Waals surface area contributed by atoms with Crippen LogP contribution in [0.1, 0.15) is 44.1 Å². The maximum absolute atomic E-state index is 11.9. The van der Waals surface area contributed by atoms with E-state index in [0.717, 1.165) is 37.7 Å². The lowest BCUT2D eigenvalue weighted by molar-refractivity contribution is -0.138. The van der Waals surface area contributed by atoms with Gasteiger partial charge in [0.1, 0.15) is 6.04 Å². The minimum Gasteiger partial charge on any atom is -0.480 e. The molecule has 0 heterocycles. The van der Waals surface area contributed by atoms with Crippen LogP contribution in [0, 0.1) is 0 Å². The number of nitrogens with two attached hydrogens (primary N) is 1. The fourth-order valence-electron chi connectivity index (χ4n) is 2.25. The third kappa shape index (κ3) is 8.57. The summed E-state index contributed by atoms with van der Waals surface area (Å²) < 4.78 is 0. The van der Waals surface area contributed by atoms with Crippen molar-refractivity contribution in [3.8, 4) is 0 Å². The van der Waals surface area contributed by atoms with Gasteiger partial charge in [0.25, 0.3) is 0 Å². The molecular formula is C17H25ClN2O3. The van der Waals surface area contributed by atoms with E-state index in [4.69, 9.17) is 22.4 Å². The van der Waals surface area contributed by atoms with Crippen LogP contribution in [-0.2, 0) is 16.0 Å². The number of halogens is 1. The number of aliphatic carboxylic acids is 1.